The van der Waals surface area contributed by atoms with Crippen LogP contribution < -0.4 is 5.73 Å². The van der Waals surface area contributed by atoms with E-state index in [0.29, 0.717) is 34.8 Å². The first-order valence-corrected chi connectivity index (χ1v) is 13.8. The van der Waals surface area contributed by atoms with E-state index in [2.05, 4.69) is 31.9 Å². The number of amides is 1. The monoisotopic (exact) mass is 667 g/mol. The predicted molar refractivity (Wildman–Crippen MR) is 158 cm³/mol. The second-order valence-electron chi connectivity index (χ2n) is 9.38. The highest BCUT2D eigenvalue weighted by molar-refractivity contribution is 9.10. The van der Waals surface area contributed by atoms with Gasteiger partial charge in [-0.05, 0) is 72.6 Å². The number of carbonyl (C=O) groups excluding carboxylic acids is 1. The summed E-state index contributed by atoms with van der Waals surface area (Å²) in [5.41, 5.74) is 9.74. The molecular weight excluding hydrogens is 647 g/mol. The van der Waals surface area contributed by atoms with Gasteiger partial charge in [0.25, 0.3) is 0 Å². The molecule has 2 N–H and O–H groups in total. The quantitative estimate of drug-likeness (QED) is 0.196. The van der Waals surface area contributed by atoms with E-state index in [1.165, 1.54) is 0 Å². The summed E-state index contributed by atoms with van der Waals surface area (Å²) in [7, 11) is 0. The molecular formula is C31H22Br2F3N3O. The lowest BCUT2D eigenvalue weighted by atomic mass is 10.0. The van der Waals surface area contributed by atoms with Crippen molar-refractivity contribution in [3.63, 3.8) is 0 Å². The number of aryl methyl sites for hydroxylation is 1. The zero-order chi connectivity index (χ0) is 28.6. The highest BCUT2D eigenvalue weighted by atomic mass is 79.9. The average Bonchev–Trinajstić information content (AvgIpc) is 3.28. The van der Waals surface area contributed by atoms with Gasteiger partial charge < -0.3 is 10.3 Å². The van der Waals surface area contributed by atoms with Crippen molar-refractivity contribution in [3.05, 3.63) is 122 Å². The number of alkyl halides is 3. The van der Waals surface area contributed by atoms with Crippen molar-refractivity contribution in [2.75, 3.05) is 0 Å². The Morgan fingerprint density at radius 1 is 0.825 bits per heavy atom. The Balaban J connectivity index is 1.80. The Hall–Kier alpha value is -3.69. The van der Waals surface area contributed by atoms with Crippen LogP contribution in [-0.2, 0) is 12.7 Å². The maximum absolute atomic E-state index is 13.8. The smallest absolute Gasteiger partial charge is 0.366 e. The van der Waals surface area contributed by atoms with Gasteiger partial charge in [-0.2, -0.15) is 13.2 Å². The van der Waals surface area contributed by atoms with Crippen molar-refractivity contribution >= 4 is 37.8 Å². The van der Waals surface area contributed by atoms with Gasteiger partial charge >= 0.3 is 6.18 Å². The second kappa shape index (κ2) is 11.1. The van der Waals surface area contributed by atoms with Crippen molar-refractivity contribution in [2.24, 2.45) is 5.73 Å². The molecule has 0 aliphatic rings. The van der Waals surface area contributed by atoms with Crippen LogP contribution >= 0.6 is 31.9 Å². The molecule has 0 unspecified atom stereocenters. The highest BCUT2D eigenvalue weighted by Crippen LogP contribution is 2.39. The first-order chi connectivity index (χ1) is 19.0. The number of imidazole rings is 1. The molecule has 9 heteroatoms. The Labute approximate surface area is 245 Å². The van der Waals surface area contributed by atoms with Gasteiger partial charge in [0.2, 0.25) is 5.91 Å². The van der Waals surface area contributed by atoms with E-state index in [1.807, 2.05) is 53.1 Å². The molecule has 0 fully saturated rings. The summed E-state index contributed by atoms with van der Waals surface area (Å²) < 4.78 is 45.2. The van der Waals surface area contributed by atoms with E-state index < -0.39 is 17.6 Å². The number of aromatic nitrogens is 2. The molecule has 0 atom stereocenters. The lowest BCUT2D eigenvalue weighted by Gasteiger charge is -2.16. The largest absolute Gasteiger partial charge is 0.416 e. The summed E-state index contributed by atoms with van der Waals surface area (Å²) >= 11 is 6.95. The number of nitrogens with two attached hydrogens (primary N) is 1. The molecule has 0 aliphatic heterocycles. The fourth-order valence-electron chi connectivity index (χ4n) is 4.57. The molecule has 0 saturated heterocycles. The fourth-order valence-corrected chi connectivity index (χ4v) is 5.10. The van der Waals surface area contributed by atoms with Gasteiger partial charge in [0, 0.05) is 37.7 Å². The summed E-state index contributed by atoms with van der Waals surface area (Å²) in [5, 5.41) is 0. The summed E-state index contributed by atoms with van der Waals surface area (Å²) in [5.74, 6) is -0.147. The minimum atomic E-state index is -4.51. The minimum absolute atomic E-state index is 0.290. The van der Waals surface area contributed by atoms with Crippen molar-refractivity contribution in [2.45, 2.75) is 19.6 Å². The van der Waals surface area contributed by atoms with E-state index in [9.17, 15) is 18.0 Å². The van der Waals surface area contributed by atoms with Crippen molar-refractivity contribution in [1.29, 1.82) is 0 Å². The maximum Gasteiger partial charge on any atom is 0.416 e. The molecule has 5 aromatic rings. The number of hydrogen-bond acceptors (Lipinski definition) is 2. The SMILES string of the molecule is Cc1cc(-c2nc(-c3ccc(Br)cc3)c(-c3ccc(Br)cc3)n2Cc2ccc(C(N)=O)cc2)cc(C(F)(F)F)c1. The van der Waals surface area contributed by atoms with Crippen LogP contribution in [0.1, 0.15) is 27.0 Å². The van der Waals surface area contributed by atoms with Crippen LogP contribution in [0.3, 0.4) is 0 Å². The molecule has 0 spiro atoms. The van der Waals surface area contributed by atoms with E-state index in [-0.39, 0.29) is 0 Å². The minimum Gasteiger partial charge on any atom is -0.366 e. The third-order valence-electron chi connectivity index (χ3n) is 6.44. The third-order valence-corrected chi connectivity index (χ3v) is 7.50. The summed E-state index contributed by atoms with van der Waals surface area (Å²) in [4.78, 5) is 16.6. The molecule has 202 valence electrons. The number of hydrogen-bond donors (Lipinski definition) is 1. The van der Waals surface area contributed by atoms with Crippen LogP contribution in [0.25, 0.3) is 33.9 Å². The predicted octanol–water partition coefficient (Wildman–Crippen LogP) is 8.88. The van der Waals surface area contributed by atoms with Crippen molar-refractivity contribution in [3.8, 4) is 33.9 Å². The highest BCUT2D eigenvalue weighted by Gasteiger charge is 2.32. The molecule has 4 aromatic carbocycles. The molecule has 1 amide bonds. The zero-order valence-corrected chi connectivity index (χ0v) is 24.3. The van der Waals surface area contributed by atoms with Gasteiger partial charge in [0.15, 0.2) is 0 Å². The molecule has 0 saturated carbocycles. The van der Waals surface area contributed by atoms with Gasteiger partial charge in [-0.25, -0.2) is 4.98 Å². The number of rotatable bonds is 6. The number of carbonyl (C=O) groups is 1. The summed E-state index contributed by atoms with van der Waals surface area (Å²) in [6, 6.07) is 26.2. The molecule has 0 aliphatic carbocycles. The Morgan fingerprint density at radius 2 is 1.40 bits per heavy atom. The Bertz CT molecular complexity index is 1690. The maximum atomic E-state index is 13.8. The molecule has 1 heterocycles. The summed E-state index contributed by atoms with van der Waals surface area (Å²) in [6.07, 6.45) is -4.51. The number of halogens is 5. The molecule has 5 rings (SSSR count). The zero-order valence-electron chi connectivity index (χ0n) is 21.1. The molecule has 0 bridgehead atoms. The van der Waals surface area contributed by atoms with Gasteiger partial charge in [-0.3, -0.25) is 4.79 Å². The number of nitrogens with zero attached hydrogens (tertiary/aromatic N) is 2. The Kier molecular flexibility index (Phi) is 7.70. The van der Waals surface area contributed by atoms with Crippen LogP contribution in [0, 0.1) is 6.92 Å². The Morgan fingerprint density at radius 3 is 1.95 bits per heavy atom. The third kappa shape index (κ3) is 5.90. The van der Waals surface area contributed by atoms with Gasteiger partial charge in [-0.15, -0.1) is 0 Å². The normalized spacial score (nSPS) is 11.6. The lowest BCUT2D eigenvalue weighted by Crippen LogP contribution is -2.11. The van der Waals surface area contributed by atoms with Crippen LogP contribution in [0.2, 0.25) is 0 Å². The standard InChI is InChI=1S/C31H22Br2F3N3O/c1-18-14-23(16-24(15-18)31(34,35)36)30-38-27(20-6-10-25(32)11-7-20)28(21-8-12-26(33)13-9-21)39(30)17-19-2-4-22(5-3-19)29(37)40/h2-16H,17H2,1H3,(H2,37,40). The van der Waals surface area contributed by atoms with Gasteiger partial charge in [-0.1, -0.05) is 68.3 Å². The van der Waals surface area contributed by atoms with Crippen LogP contribution in [0.4, 0.5) is 13.2 Å². The van der Waals surface area contributed by atoms with E-state index in [0.717, 1.165) is 43.5 Å². The van der Waals surface area contributed by atoms with Crippen LogP contribution in [0.5, 0.6) is 0 Å². The van der Waals surface area contributed by atoms with Gasteiger partial charge in [0.05, 0.1) is 17.0 Å². The van der Waals surface area contributed by atoms with E-state index in [1.54, 1.807) is 37.3 Å². The topological polar surface area (TPSA) is 60.9 Å². The number of primary amides is 1. The van der Waals surface area contributed by atoms with Crippen LogP contribution in [0.15, 0.2) is 99.9 Å². The number of benzene rings is 4. The lowest BCUT2D eigenvalue weighted by molar-refractivity contribution is -0.137. The first-order valence-electron chi connectivity index (χ1n) is 12.2. The van der Waals surface area contributed by atoms with Crippen LogP contribution in [-0.4, -0.2) is 15.5 Å². The van der Waals surface area contributed by atoms with E-state index >= 15 is 0 Å². The van der Waals surface area contributed by atoms with Gasteiger partial charge in [0.1, 0.15) is 5.82 Å². The summed E-state index contributed by atoms with van der Waals surface area (Å²) in [6.45, 7) is 1.93. The molecule has 0 radical (unpaired) electrons. The average molecular weight is 669 g/mol. The van der Waals surface area contributed by atoms with Crippen molar-refractivity contribution in [1.82, 2.24) is 9.55 Å². The fraction of sp³-hybridized carbons (Fsp3) is 0.0968. The molecule has 4 nitrogen and oxygen atoms in total. The van der Waals surface area contributed by atoms with Crippen molar-refractivity contribution < 1.29 is 18.0 Å². The molecule has 40 heavy (non-hydrogen) atoms. The van der Waals surface area contributed by atoms with E-state index in [4.69, 9.17) is 10.7 Å². The first kappa shape index (κ1) is 27.9. The second-order valence-corrected chi connectivity index (χ2v) is 11.2. The molecule has 1 aromatic heterocycles.